The van der Waals surface area contributed by atoms with Gasteiger partial charge in [0.25, 0.3) is 5.91 Å². The van der Waals surface area contributed by atoms with Gasteiger partial charge in [-0.2, -0.15) is 11.8 Å². The highest BCUT2D eigenvalue weighted by molar-refractivity contribution is 7.98. The molecule has 0 saturated carbocycles. The largest absolute Gasteiger partial charge is 0.326 e. The Bertz CT molecular complexity index is 591. The molecule has 1 aromatic carbocycles. The topological polar surface area (TPSA) is 78.5 Å². The molecule has 1 aliphatic rings. The summed E-state index contributed by atoms with van der Waals surface area (Å²) in [4.78, 5) is 36.9. The fraction of sp³-hybridized carbons (Fsp3) is 0.400. The van der Waals surface area contributed by atoms with Crippen molar-refractivity contribution in [3.05, 3.63) is 29.8 Å². The van der Waals surface area contributed by atoms with Crippen molar-refractivity contribution in [2.75, 3.05) is 23.9 Å². The van der Waals surface area contributed by atoms with Crippen LogP contribution in [0.4, 0.5) is 10.5 Å². The van der Waals surface area contributed by atoms with Crippen molar-refractivity contribution in [2.45, 2.75) is 19.4 Å². The second-order valence-corrected chi connectivity index (χ2v) is 6.11. The predicted molar refractivity (Wildman–Crippen MR) is 86.8 cm³/mol. The van der Waals surface area contributed by atoms with Crippen LogP contribution in [0.1, 0.15) is 12.0 Å². The van der Waals surface area contributed by atoms with E-state index in [0.717, 1.165) is 16.2 Å². The van der Waals surface area contributed by atoms with Gasteiger partial charge in [0, 0.05) is 5.69 Å². The molecule has 1 saturated heterocycles. The molecular formula is C15H19N3O3S. The molecule has 6 nitrogen and oxygen atoms in total. The van der Waals surface area contributed by atoms with Crippen molar-refractivity contribution in [1.29, 1.82) is 0 Å². The second-order valence-electron chi connectivity index (χ2n) is 5.13. The van der Waals surface area contributed by atoms with E-state index in [-0.39, 0.29) is 18.4 Å². The number of amides is 4. The minimum atomic E-state index is -0.522. The van der Waals surface area contributed by atoms with Crippen LogP contribution in [0.25, 0.3) is 0 Å². The lowest BCUT2D eigenvalue weighted by Crippen LogP contribution is -2.38. The van der Waals surface area contributed by atoms with Gasteiger partial charge < -0.3 is 10.6 Å². The van der Waals surface area contributed by atoms with Crippen LogP contribution in [-0.4, -0.2) is 47.3 Å². The quantitative estimate of drug-likeness (QED) is 0.780. The summed E-state index contributed by atoms with van der Waals surface area (Å²) in [6, 6.07) is 6.31. The number of benzene rings is 1. The summed E-state index contributed by atoms with van der Waals surface area (Å²) in [6.07, 6.45) is 2.51. The molecule has 0 radical (unpaired) electrons. The zero-order chi connectivity index (χ0) is 16.1. The van der Waals surface area contributed by atoms with Crippen molar-refractivity contribution in [3.63, 3.8) is 0 Å². The summed E-state index contributed by atoms with van der Waals surface area (Å²) in [5.74, 6) is 0.0538. The number of imide groups is 1. The molecule has 22 heavy (non-hydrogen) atoms. The van der Waals surface area contributed by atoms with Crippen LogP contribution in [-0.2, 0) is 9.59 Å². The number of hydrogen-bond donors (Lipinski definition) is 2. The van der Waals surface area contributed by atoms with Crippen LogP contribution >= 0.6 is 11.8 Å². The van der Waals surface area contributed by atoms with E-state index >= 15 is 0 Å². The zero-order valence-electron chi connectivity index (χ0n) is 12.6. The predicted octanol–water partition coefficient (Wildman–Crippen LogP) is 1.61. The Balaban J connectivity index is 1.93. The molecule has 0 spiro atoms. The summed E-state index contributed by atoms with van der Waals surface area (Å²) < 4.78 is 0. The van der Waals surface area contributed by atoms with E-state index < -0.39 is 12.1 Å². The zero-order valence-corrected chi connectivity index (χ0v) is 13.4. The maximum absolute atomic E-state index is 12.1. The van der Waals surface area contributed by atoms with Crippen molar-refractivity contribution >= 4 is 35.3 Å². The van der Waals surface area contributed by atoms with Gasteiger partial charge in [-0.25, -0.2) is 4.79 Å². The fourth-order valence-electron chi connectivity index (χ4n) is 2.22. The molecule has 4 amide bonds. The van der Waals surface area contributed by atoms with E-state index in [9.17, 15) is 14.4 Å². The molecule has 7 heteroatoms. The van der Waals surface area contributed by atoms with Crippen LogP contribution in [0.15, 0.2) is 24.3 Å². The number of thioether (sulfide) groups is 1. The third kappa shape index (κ3) is 4.00. The first-order valence-corrected chi connectivity index (χ1v) is 8.38. The van der Waals surface area contributed by atoms with Crippen molar-refractivity contribution in [2.24, 2.45) is 0 Å². The lowest BCUT2D eigenvalue weighted by atomic mass is 10.2. The standard InChI is InChI=1S/C15H19N3O3S/c1-10-4-3-5-11(8-10)16-13(19)9-18-14(20)12(6-7-22-2)17-15(18)21/h3-5,8,12H,6-7,9H2,1-2H3,(H,16,19)(H,17,21)/t12-/m1/s1. The van der Waals surface area contributed by atoms with Crippen LogP contribution in [0.3, 0.4) is 0 Å². The lowest BCUT2D eigenvalue weighted by Gasteiger charge is -2.13. The Morgan fingerprint density at radius 3 is 2.86 bits per heavy atom. The molecule has 118 valence electrons. The van der Waals surface area contributed by atoms with E-state index in [1.807, 2.05) is 31.4 Å². The Morgan fingerprint density at radius 2 is 2.18 bits per heavy atom. The normalized spacial score (nSPS) is 17.5. The number of urea groups is 1. The molecule has 0 bridgehead atoms. The van der Waals surface area contributed by atoms with E-state index in [4.69, 9.17) is 0 Å². The molecule has 1 heterocycles. The second kappa shape index (κ2) is 7.31. The number of carbonyl (C=O) groups excluding carboxylic acids is 3. The Hall–Kier alpha value is -2.02. The van der Waals surface area contributed by atoms with E-state index in [1.54, 1.807) is 17.8 Å². The van der Waals surface area contributed by atoms with Gasteiger partial charge in [-0.1, -0.05) is 12.1 Å². The molecule has 0 aromatic heterocycles. The van der Waals surface area contributed by atoms with Gasteiger partial charge >= 0.3 is 6.03 Å². The highest BCUT2D eigenvalue weighted by Gasteiger charge is 2.38. The van der Waals surface area contributed by atoms with Crippen molar-refractivity contribution < 1.29 is 14.4 Å². The Kier molecular flexibility index (Phi) is 5.43. The van der Waals surface area contributed by atoms with E-state index in [1.165, 1.54) is 0 Å². The summed E-state index contributed by atoms with van der Waals surface area (Å²) >= 11 is 1.61. The number of nitrogens with zero attached hydrogens (tertiary/aromatic N) is 1. The minimum Gasteiger partial charge on any atom is -0.326 e. The van der Waals surface area contributed by atoms with Crippen LogP contribution in [0, 0.1) is 6.92 Å². The highest BCUT2D eigenvalue weighted by Crippen LogP contribution is 2.13. The number of rotatable bonds is 6. The van der Waals surface area contributed by atoms with Gasteiger partial charge in [-0.05, 0) is 43.0 Å². The van der Waals surface area contributed by atoms with Gasteiger partial charge in [-0.3, -0.25) is 14.5 Å². The molecule has 1 aliphatic heterocycles. The molecule has 0 unspecified atom stereocenters. The molecule has 0 aliphatic carbocycles. The summed E-state index contributed by atoms with van der Waals surface area (Å²) in [7, 11) is 0. The smallest absolute Gasteiger partial charge is 0.325 e. The highest BCUT2D eigenvalue weighted by atomic mass is 32.2. The maximum Gasteiger partial charge on any atom is 0.325 e. The average molecular weight is 321 g/mol. The summed E-state index contributed by atoms with van der Waals surface area (Å²) in [5.41, 5.74) is 1.67. The summed E-state index contributed by atoms with van der Waals surface area (Å²) in [6.45, 7) is 1.65. The van der Waals surface area contributed by atoms with Gasteiger partial charge in [0.1, 0.15) is 12.6 Å². The van der Waals surface area contributed by atoms with Crippen LogP contribution in [0.5, 0.6) is 0 Å². The Labute approximate surface area is 133 Å². The minimum absolute atomic E-state index is 0.269. The SMILES string of the molecule is CSCC[C@H]1NC(=O)N(CC(=O)Nc2cccc(C)c2)C1=O. The molecule has 2 rings (SSSR count). The average Bonchev–Trinajstić information content (AvgIpc) is 2.72. The number of nitrogens with one attached hydrogen (secondary N) is 2. The number of aryl methyl sites for hydroxylation is 1. The molecule has 1 atom stereocenters. The van der Waals surface area contributed by atoms with Crippen LogP contribution in [0.2, 0.25) is 0 Å². The van der Waals surface area contributed by atoms with E-state index in [2.05, 4.69) is 10.6 Å². The Morgan fingerprint density at radius 1 is 1.41 bits per heavy atom. The van der Waals surface area contributed by atoms with Crippen LogP contribution < -0.4 is 10.6 Å². The lowest BCUT2D eigenvalue weighted by molar-refractivity contribution is -0.130. The third-order valence-electron chi connectivity index (χ3n) is 3.32. The first kappa shape index (κ1) is 16.4. The summed E-state index contributed by atoms with van der Waals surface area (Å²) in [5, 5.41) is 5.30. The molecule has 1 fully saturated rings. The first-order valence-electron chi connectivity index (χ1n) is 6.98. The van der Waals surface area contributed by atoms with E-state index in [0.29, 0.717) is 12.1 Å². The maximum atomic E-state index is 12.1. The van der Waals surface area contributed by atoms with Gasteiger partial charge in [0.2, 0.25) is 5.91 Å². The first-order chi connectivity index (χ1) is 10.5. The number of anilines is 1. The van der Waals surface area contributed by atoms with Gasteiger partial charge in [0.05, 0.1) is 0 Å². The molecular weight excluding hydrogens is 302 g/mol. The number of carbonyl (C=O) groups is 3. The van der Waals surface area contributed by atoms with Gasteiger partial charge in [-0.15, -0.1) is 0 Å². The van der Waals surface area contributed by atoms with Crippen molar-refractivity contribution in [3.8, 4) is 0 Å². The number of hydrogen-bond acceptors (Lipinski definition) is 4. The fourth-order valence-corrected chi connectivity index (χ4v) is 2.70. The van der Waals surface area contributed by atoms with Gasteiger partial charge in [0.15, 0.2) is 0 Å². The van der Waals surface area contributed by atoms with Crippen molar-refractivity contribution in [1.82, 2.24) is 10.2 Å². The third-order valence-corrected chi connectivity index (χ3v) is 3.97. The molecule has 2 N–H and O–H groups in total. The molecule has 1 aromatic rings. The monoisotopic (exact) mass is 321 g/mol.